The molecule has 1 heterocycles. The number of anilines is 1. The predicted molar refractivity (Wildman–Crippen MR) is 113 cm³/mol. The van der Waals surface area contributed by atoms with Gasteiger partial charge in [0.1, 0.15) is 0 Å². The number of hydrogen-bond donors (Lipinski definition) is 1. The van der Waals surface area contributed by atoms with Crippen molar-refractivity contribution in [3.05, 3.63) is 65.2 Å². The molecule has 0 aromatic heterocycles. The number of nitrogens with one attached hydrogen (secondary N) is 1. The third-order valence-corrected chi connectivity index (χ3v) is 4.68. The van der Waals surface area contributed by atoms with Gasteiger partial charge in [0, 0.05) is 36.4 Å². The number of carbonyl (C=O) groups excluding carboxylic acids is 2. The highest BCUT2D eigenvalue weighted by Crippen LogP contribution is 2.23. The molecular formula is C23H29N3O2. The number of amides is 3. The summed E-state index contributed by atoms with van der Waals surface area (Å²) in [5, 5.41) is 2.97. The molecule has 0 bridgehead atoms. The van der Waals surface area contributed by atoms with Gasteiger partial charge in [-0.1, -0.05) is 35.9 Å². The number of aryl methyl sites for hydroxylation is 1. The fourth-order valence-electron chi connectivity index (χ4n) is 3.43. The lowest BCUT2D eigenvalue weighted by Gasteiger charge is -2.36. The molecule has 1 aliphatic heterocycles. The maximum absolute atomic E-state index is 13.1. The first-order valence-electron chi connectivity index (χ1n) is 9.77. The van der Waals surface area contributed by atoms with Crippen LogP contribution in [0.3, 0.4) is 0 Å². The molecule has 0 aliphatic carbocycles. The molecule has 3 rings (SSSR count). The quantitative estimate of drug-likeness (QED) is 0.858. The zero-order chi connectivity index (χ0) is 20.3. The van der Waals surface area contributed by atoms with Gasteiger partial charge in [-0.3, -0.25) is 9.69 Å². The number of carbonyl (C=O) groups is 2. The van der Waals surface area contributed by atoms with Crippen molar-refractivity contribution in [2.75, 3.05) is 18.0 Å². The first kappa shape index (κ1) is 19.9. The number of nitrogens with zero attached hydrogens (tertiary/aromatic N) is 2. The zero-order valence-electron chi connectivity index (χ0n) is 17.2. The van der Waals surface area contributed by atoms with E-state index in [0.29, 0.717) is 18.7 Å². The van der Waals surface area contributed by atoms with Gasteiger partial charge in [0.25, 0.3) is 5.91 Å². The number of urea groups is 1. The summed E-state index contributed by atoms with van der Waals surface area (Å²) in [5.74, 6) is -0.129. The number of hydrogen-bond acceptors (Lipinski definition) is 2. The molecule has 0 saturated carbocycles. The van der Waals surface area contributed by atoms with Crippen molar-refractivity contribution in [1.29, 1.82) is 0 Å². The first-order valence-corrected chi connectivity index (χ1v) is 9.77. The minimum atomic E-state index is -0.307. The molecule has 0 unspecified atom stereocenters. The average molecular weight is 380 g/mol. The summed E-state index contributed by atoms with van der Waals surface area (Å²) in [4.78, 5) is 29.2. The summed E-state index contributed by atoms with van der Waals surface area (Å²) in [6.07, 6.45) is 0.899. The SMILES string of the molecule is Cc1cccc(CN2CCCN(c3cccc(C(=O)NC(C)(C)C)c3)C2=O)c1. The minimum absolute atomic E-state index is 0.0128. The van der Waals surface area contributed by atoms with Crippen LogP contribution in [0.25, 0.3) is 0 Å². The standard InChI is InChI=1S/C23H29N3O2/c1-17-8-5-9-18(14-17)16-25-12-7-13-26(22(25)28)20-11-6-10-19(15-20)21(27)24-23(2,3)4/h5-6,8-11,14-15H,7,12-13,16H2,1-4H3,(H,24,27). The Labute approximate surface area is 167 Å². The number of rotatable bonds is 4. The zero-order valence-corrected chi connectivity index (χ0v) is 17.2. The third-order valence-electron chi connectivity index (χ3n) is 4.68. The van der Waals surface area contributed by atoms with Crippen LogP contribution in [-0.4, -0.2) is 35.5 Å². The van der Waals surface area contributed by atoms with E-state index in [1.54, 1.807) is 17.0 Å². The van der Waals surface area contributed by atoms with E-state index in [2.05, 4.69) is 30.4 Å². The van der Waals surface area contributed by atoms with Gasteiger partial charge in [0.15, 0.2) is 0 Å². The highest BCUT2D eigenvalue weighted by molar-refractivity contribution is 5.98. The Morgan fingerprint density at radius 3 is 2.54 bits per heavy atom. The Kier molecular flexibility index (Phi) is 5.73. The van der Waals surface area contributed by atoms with Crippen LogP contribution in [0.2, 0.25) is 0 Å². The van der Waals surface area contributed by atoms with Crippen molar-refractivity contribution < 1.29 is 9.59 Å². The molecule has 1 saturated heterocycles. The van der Waals surface area contributed by atoms with Crippen LogP contribution in [0, 0.1) is 6.92 Å². The predicted octanol–water partition coefficient (Wildman–Crippen LogP) is 4.36. The Morgan fingerprint density at radius 2 is 1.82 bits per heavy atom. The van der Waals surface area contributed by atoms with Gasteiger partial charge in [-0.25, -0.2) is 4.79 Å². The monoisotopic (exact) mass is 379 g/mol. The minimum Gasteiger partial charge on any atom is -0.347 e. The highest BCUT2D eigenvalue weighted by Gasteiger charge is 2.27. The summed E-state index contributed by atoms with van der Waals surface area (Å²) in [6, 6.07) is 15.5. The van der Waals surface area contributed by atoms with Crippen LogP contribution < -0.4 is 10.2 Å². The summed E-state index contributed by atoms with van der Waals surface area (Å²) >= 11 is 0. The van der Waals surface area contributed by atoms with E-state index in [9.17, 15) is 9.59 Å². The highest BCUT2D eigenvalue weighted by atomic mass is 16.2. The van der Waals surface area contributed by atoms with Crippen molar-refractivity contribution in [2.45, 2.75) is 46.2 Å². The smallest absolute Gasteiger partial charge is 0.324 e. The largest absolute Gasteiger partial charge is 0.347 e. The lowest BCUT2D eigenvalue weighted by Crippen LogP contribution is -2.49. The molecule has 2 aromatic rings. The number of benzene rings is 2. The van der Waals surface area contributed by atoms with Crippen LogP contribution >= 0.6 is 0 Å². The summed E-state index contributed by atoms with van der Waals surface area (Å²) in [5.41, 5.74) is 3.35. The van der Waals surface area contributed by atoms with Gasteiger partial charge in [-0.2, -0.15) is 0 Å². The molecule has 3 amide bonds. The van der Waals surface area contributed by atoms with E-state index in [0.717, 1.165) is 24.2 Å². The maximum Gasteiger partial charge on any atom is 0.324 e. The van der Waals surface area contributed by atoms with Gasteiger partial charge >= 0.3 is 6.03 Å². The molecule has 0 atom stereocenters. The second-order valence-corrected chi connectivity index (χ2v) is 8.45. The Morgan fingerprint density at radius 1 is 1.07 bits per heavy atom. The fourth-order valence-corrected chi connectivity index (χ4v) is 3.43. The molecule has 0 radical (unpaired) electrons. The van der Waals surface area contributed by atoms with Crippen LogP contribution in [0.15, 0.2) is 48.5 Å². The maximum atomic E-state index is 13.1. The van der Waals surface area contributed by atoms with Crippen molar-refractivity contribution in [2.24, 2.45) is 0 Å². The lowest BCUT2D eigenvalue weighted by molar-refractivity contribution is 0.0919. The normalized spacial score (nSPS) is 14.9. The average Bonchev–Trinajstić information content (AvgIpc) is 2.62. The van der Waals surface area contributed by atoms with Crippen LogP contribution in [0.1, 0.15) is 48.7 Å². The Hall–Kier alpha value is -2.82. The topological polar surface area (TPSA) is 52.6 Å². The molecule has 1 N–H and O–H groups in total. The van der Waals surface area contributed by atoms with Crippen molar-refractivity contribution >= 4 is 17.6 Å². The van der Waals surface area contributed by atoms with Gasteiger partial charge in [-0.05, 0) is 57.9 Å². The molecule has 5 heteroatoms. The molecule has 5 nitrogen and oxygen atoms in total. The van der Waals surface area contributed by atoms with E-state index < -0.39 is 0 Å². The second kappa shape index (κ2) is 8.05. The third kappa shape index (κ3) is 4.91. The van der Waals surface area contributed by atoms with Crippen LogP contribution in [0.5, 0.6) is 0 Å². The van der Waals surface area contributed by atoms with E-state index in [4.69, 9.17) is 0 Å². The van der Waals surface area contributed by atoms with Crippen molar-refractivity contribution in [3.63, 3.8) is 0 Å². The van der Waals surface area contributed by atoms with Gasteiger partial charge < -0.3 is 10.2 Å². The van der Waals surface area contributed by atoms with E-state index in [1.807, 2.05) is 43.9 Å². The van der Waals surface area contributed by atoms with E-state index in [1.165, 1.54) is 5.56 Å². The molecule has 28 heavy (non-hydrogen) atoms. The van der Waals surface area contributed by atoms with Crippen LogP contribution in [0.4, 0.5) is 10.5 Å². The molecule has 148 valence electrons. The van der Waals surface area contributed by atoms with Crippen LogP contribution in [-0.2, 0) is 6.54 Å². The van der Waals surface area contributed by atoms with Gasteiger partial charge in [0.05, 0.1) is 0 Å². The molecule has 1 aliphatic rings. The second-order valence-electron chi connectivity index (χ2n) is 8.45. The van der Waals surface area contributed by atoms with Gasteiger partial charge in [-0.15, -0.1) is 0 Å². The summed E-state index contributed by atoms with van der Waals surface area (Å²) in [6.45, 7) is 9.91. The fraction of sp³-hybridized carbons (Fsp3) is 0.391. The Balaban J connectivity index is 1.77. The lowest BCUT2D eigenvalue weighted by atomic mass is 10.1. The summed E-state index contributed by atoms with van der Waals surface area (Å²) < 4.78 is 0. The molecular weight excluding hydrogens is 350 g/mol. The summed E-state index contributed by atoms with van der Waals surface area (Å²) in [7, 11) is 0. The van der Waals surface area contributed by atoms with Gasteiger partial charge in [0.2, 0.25) is 0 Å². The first-order chi connectivity index (χ1) is 13.2. The van der Waals surface area contributed by atoms with E-state index >= 15 is 0 Å². The Bertz CT molecular complexity index is 870. The van der Waals surface area contributed by atoms with Crippen molar-refractivity contribution in [1.82, 2.24) is 10.2 Å². The molecule has 2 aromatic carbocycles. The van der Waals surface area contributed by atoms with Crippen molar-refractivity contribution in [3.8, 4) is 0 Å². The van der Waals surface area contributed by atoms with E-state index in [-0.39, 0.29) is 17.5 Å². The molecule has 1 fully saturated rings. The molecule has 0 spiro atoms.